The number of halogens is 1. The van der Waals surface area contributed by atoms with Crippen LogP contribution in [0.3, 0.4) is 0 Å². The Morgan fingerprint density at radius 3 is 2.47 bits per heavy atom. The number of carbonyl (C=O) groups excluding carboxylic acids is 2. The van der Waals surface area contributed by atoms with E-state index in [0.717, 1.165) is 25.8 Å². The summed E-state index contributed by atoms with van der Waals surface area (Å²) in [5, 5.41) is 2.69. The number of hydrogen-bond donors (Lipinski definition) is 2. The standard InChI is InChI=1S/C13H25N3O2.ClH/c1-13(2,3)12(18)15-9-11(17)16-7-5-4-6-10(16)8-14;/h10H,4-9,14H2,1-3H3,(H,15,18);1H. The van der Waals surface area contributed by atoms with Crippen molar-refractivity contribution in [3.8, 4) is 0 Å². The fourth-order valence-electron chi connectivity index (χ4n) is 2.10. The Labute approximate surface area is 121 Å². The fourth-order valence-corrected chi connectivity index (χ4v) is 2.10. The van der Waals surface area contributed by atoms with Crippen molar-refractivity contribution < 1.29 is 9.59 Å². The normalized spacial score (nSPS) is 19.6. The Hall–Kier alpha value is -0.810. The van der Waals surface area contributed by atoms with Crippen molar-refractivity contribution in [3.05, 3.63) is 0 Å². The second-order valence-electron chi connectivity index (χ2n) is 5.91. The highest BCUT2D eigenvalue weighted by Gasteiger charge is 2.27. The highest BCUT2D eigenvalue weighted by Crippen LogP contribution is 2.16. The summed E-state index contributed by atoms with van der Waals surface area (Å²) in [6.45, 7) is 6.82. The summed E-state index contributed by atoms with van der Waals surface area (Å²) in [6.07, 6.45) is 3.12. The molecule has 0 spiro atoms. The van der Waals surface area contributed by atoms with Gasteiger partial charge in [0.1, 0.15) is 0 Å². The Bertz CT molecular complexity index is 316. The molecule has 0 aromatic carbocycles. The van der Waals surface area contributed by atoms with Gasteiger partial charge in [0, 0.05) is 24.5 Å². The van der Waals surface area contributed by atoms with Gasteiger partial charge < -0.3 is 16.0 Å². The van der Waals surface area contributed by atoms with Gasteiger partial charge in [-0.2, -0.15) is 0 Å². The van der Waals surface area contributed by atoms with Crippen LogP contribution in [0.1, 0.15) is 40.0 Å². The molecule has 1 unspecified atom stereocenters. The number of carbonyl (C=O) groups is 2. The van der Waals surface area contributed by atoms with Crippen LogP contribution in [-0.2, 0) is 9.59 Å². The molecule has 1 fully saturated rings. The molecule has 1 atom stereocenters. The van der Waals surface area contributed by atoms with Gasteiger partial charge in [-0.05, 0) is 19.3 Å². The van der Waals surface area contributed by atoms with Gasteiger partial charge in [-0.3, -0.25) is 9.59 Å². The van der Waals surface area contributed by atoms with Crippen LogP contribution in [-0.4, -0.2) is 42.4 Å². The van der Waals surface area contributed by atoms with Crippen LogP contribution in [0.5, 0.6) is 0 Å². The maximum Gasteiger partial charge on any atom is 0.242 e. The van der Waals surface area contributed by atoms with E-state index in [0.29, 0.717) is 6.54 Å². The van der Waals surface area contributed by atoms with E-state index in [2.05, 4.69) is 5.32 Å². The zero-order valence-electron chi connectivity index (χ0n) is 12.1. The van der Waals surface area contributed by atoms with Gasteiger partial charge in [0.05, 0.1) is 6.54 Å². The number of hydrogen-bond acceptors (Lipinski definition) is 3. The minimum Gasteiger partial charge on any atom is -0.347 e. The summed E-state index contributed by atoms with van der Waals surface area (Å²) in [4.78, 5) is 25.6. The third kappa shape index (κ3) is 5.37. The van der Waals surface area contributed by atoms with Gasteiger partial charge in [0.25, 0.3) is 0 Å². The Kier molecular flexibility index (Phi) is 7.37. The zero-order valence-corrected chi connectivity index (χ0v) is 12.9. The van der Waals surface area contributed by atoms with Crippen LogP contribution >= 0.6 is 12.4 Å². The van der Waals surface area contributed by atoms with Crippen molar-refractivity contribution in [2.75, 3.05) is 19.6 Å². The maximum atomic E-state index is 12.1. The molecule has 0 aliphatic carbocycles. The predicted molar refractivity (Wildman–Crippen MR) is 78.1 cm³/mol. The average molecular weight is 292 g/mol. The number of nitrogens with one attached hydrogen (secondary N) is 1. The molecule has 1 heterocycles. The molecular formula is C13H26ClN3O2. The van der Waals surface area contributed by atoms with Gasteiger partial charge >= 0.3 is 0 Å². The molecule has 2 amide bonds. The summed E-state index contributed by atoms with van der Waals surface area (Å²) in [5.41, 5.74) is 5.21. The monoisotopic (exact) mass is 291 g/mol. The van der Waals surface area contributed by atoms with Crippen LogP contribution in [0.25, 0.3) is 0 Å². The van der Waals surface area contributed by atoms with E-state index >= 15 is 0 Å². The molecule has 0 radical (unpaired) electrons. The molecule has 112 valence electrons. The number of nitrogens with two attached hydrogens (primary N) is 1. The maximum absolute atomic E-state index is 12.1. The summed E-state index contributed by atoms with van der Waals surface area (Å²) < 4.78 is 0. The number of likely N-dealkylation sites (tertiary alicyclic amines) is 1. The third-order valence-corrected chi connectivity index (χ3v) is 3.30. The third-order valence-electron chi connectivity index (χ3n) is 3.30. The number of nitrogens with zero attached hydrogens (tertiary/aromatic N) is 1. The van der Waals surface area contributed by atoms with Gasteiger partial charge in [-0.1, -0.05) is 20.8 Å². The molecule has 0 saturated carbocycles. The van der Waals surface area contributed by atoms with E-state index < -0.39 is 5.41 Å². The Morgan fingerprint density at radius 1 is 1.32 bits per heavy atom. The minimum absolute atomic E-state index is 0. The number of amides is 2. The number of rotatable bonds is 3. The SMILES string of the molecule is CC(C)(C)C(=O)NCC(=O)N1CCCCC1CN.Cl. The molecule has 0 aromatic heterocycles. The first-order chi connectivity index (χ1) is 8.36. The fraction of sp³-hybridized carbons (Fsp3) is 0.846. The molecule has 1 aliphatic heterocycles. The minimum atomic E-state index is -0.463. The Morgan fingerprint density at radius 2 is 1.95 bits per heavy atom. The molecule has 19 heavy (non-hydrogen) atoms. The van der Waals surface area contributed by atoms with Crippen LogP contribution in [0.15, 0.2) is 0 Å². The lowest BCUT2D eigenvalue weighted by Crippen LogP contribution is -2.51. The smallest absolute Gasteiger partial charge is 0.242 e. The van der Waals surface area contributed by atoms with Gasteiger partial charge in [0.2, 0.25) is 11.8 Å². The highest BCUT2D eigenvalue weighted by molar-refractivity contribution is 5.87. The van der Waals surface area contributed by atoms with Crippen molar-refractivity contribution in [1.29, 1.82) is 0 Å². The van der Waals surface area contributed by atoms with Crippen LogP contribution < -0.4 is 11.1 Å². The first-order valence-electron chi connectivity index (χ1n) is 6.64. The first kappa shape index (κ1) is 18.2. The Balaban J connectivity index is 0.00000324. The van der Waals surface area contributed by atoms with E-state index in [-0.39, 0.29) is 36.8 Å². The van der Waals surface area contributed by atoms with Crippen molar-refractivity contribution >= 4 is 24.2 Å². The van der Waals surface area contributed by atoms with E-state index in [4.69, 9.17) is 5.73 Å². The lowest BCUT2D eigenvalue weighted by molar-refractivity contribution is -0.137. The van der Waals surface area contributed by atoms with E-state index in [9.17, 15) is 9.59 Å². The van der Waals surface area contributed by atoms with Gasteiger partial charge in [0.15, 0.2) is 0 Å². The quantitative estimate of drug-likeness (QED) is 0.811. The summed E-state index contributed by atoms with van der Waals surface area (Å²) in [5.74, 6) is -0.125. The van der Waals surface area contributed by atoms with Gasteiger partial charge in [-0.15, -0.1) is 12.4 Å². The van der Waals surface area contributed by atoms with E-state index in [1.807, 2.05) is 25.7 Å². The van der Waals surface area contributed by atoms with E-state index in [1.165, 1.54) is 0 Å². The largest absolute Gasteiger partial charge is 0.347 e. The van der Waals surface area contributed by atoms with Crippen LogP contribution in [0, 0.1) is 5.41 Å². The first-order valence-corrected chi connectivity index (χ1v) is 6.64. The molecule has 0 bridgehead atoms. The van der Waals surface area contributed by atoms with Gasteiger partial charge in [-0.25, -0.2) is 0 Å². The van der Waals surface area contributed by atoms with Crippen molar-refractivity contribution in [2.24, 2.45) is 11.1 Å². The summed E-state index contributed by atoms with van der Waals surface area (Å²) in [7, 11) is 0. The van der Waals surface area contributed by atoms with Crippen molar-refractivity contribution in [2.45, 2.75) is 46.1 Å². The summed E-state index contributed by atoms with van der Waals surface area (Å²) in [6, 6.07) is 0.137. The summed E-state index contributed by atoms with van der Waals surface area (Å²) >= 11 is 0. The van der Waals surface area contributed by atoms with Crippen molar-refractivity contribution in [1.82, 2.24) is 10.2 Å². The van der Waals surface area contributed by atoms with Crippen molar-refractivity contribution in [3.63, 3.8) is 0 Å². The predicted octanol–water partition coefficient (Wildman–Crippen LogP) is 0.910. The molecule has 1 saturated heterocycles. The lowest BCUT2D eigenvalue weighted by atomic mass is 9.96. The average Bonchev–Trinajstić information content (AvgIpc) is 2.34. The second-order valence-corrected chi connectivity index (χ2v) is 5.91. The highest BCUT2D eigenvalue weighted by atomic mass is 35.5. The zero-order chi connectivity index (χ0) is 13.8. The molecule has 1 aliphatic rings. The van der Waals surface area contributed by atoms with Crippen LogP contribution in [0.2, 0.25) is 0 Å². The molecule has 0 aromatic rings. The lowest BCUT2D eigenvalue weighted by Gasteiger charge is -2.35. The molecular weight excluding hydrogens is 266 g/mol. The number of piperidine rings is 1. The molecule has 3 N–H and O–H groups in total. The molecule has 5 nitrogen and oxygen atoms in total. The molecule has 1 rings (SSSR count). The second kappa shape index (κ2) is 7.70. The topological polar surface area (TPSA) is 75.4 Å². The van der Waals surface area contributed by atoms with E-state index in [1.54, 1.807) is 0 Å². The van der Waals surface area contributed by atoms with Crippen LogP contribution in [0.4, 0.5) is 0 Å². The molecule has 6 heteroatoms.